The molecule has 2 bridgehead atoms. The summed E-state index contributed by atoms with van der Waals surface area (Å²) in [7, 11) is 0. The zero-order chi connectivity index (χ0) is 21.7. The molecule has 166 valence electrons. The van der Waals surface area contributed by atoms with Crippen LogP contribution < -0.4 is 5.56 Å². The molecule has 2 saturated carbocycles. The van der Waals surface area contributed by atoms with Crippen LogP contribution in [0, 0.1) is 11.8 Å². The third-order valence-corrected chi connectivity index (χ3v) is 8.13. The number of carboxylic acids is 1. The van der Waals surface area contributed by atoms with E-state index in [4.69, 9.17) is 0 Å². The Morgan fingerprint density at radius 1 is 0.968 bits per heavy atom. The summed E-state index contributed by atoms with van der Waals surface area (Å²) in [6.07, 6.45) is 9.97. The molecule has 3 fully saturated rings. The maximum absolute atomic E-state index is 13.2. The van der Waals surface area contributed by atoms with E-state index in [9.17, 15) is 14.7 Å². The van der Waals surface area contributed by atoms with E-state index in [1.165, 1.54) is 38.5 Å². The van der Waals surface area contributed by atoms with Crippen molar-refractivity contribution in [3.05, 3.63) is 40.3 Å². The number of rotatable bonds is 3. The molecule has 3 aliphatic rings. The van der Waals surface area contributed by atoms with E-state index in [-0.39, 0.29) is 11.7 Å². The van der Waals surface area contributed by atoms with E-state index in [0.717, 1.165) is 30.2 Å². The second-order valence-corrected chi connectivity index (χ2v) is 10.2. The van der Waals surface area contributed by atoms with Gasteiger partial charge in [-0.2, -0.15) is 0 Å². The van der Waals surface area contributed by atoms with E-state index in [1.54, 1.807) is 10.6 Å². The van der Waals surface area contributed by atoms with Crippen molar-refractivity contribution in [3.8, 4) is 0 Å². The van der Waals surface area contributed by atoms with Crippen molar-refractivity contribution in [3.63, 3.8) is 0 Å². The molecule has 5 atom stereocenters. The van der Waals surface area contributed by atoms with Gasteiger partial charge in [-0.05, 0) is 69.9 Å². The highest BCUT2D eigenvalue weighted by molar-refractivity contribution is 5.88. The van der Waals surface area contributed by atoms with Gasteiger partial charge >= 0.3 is 5.97 Å². The summed E-state index contributed by atoms with van der Waals surface area (Å²) in [4.78, 5) is 31.7. The summed E-state index contributed by atoms with van der Waals surface area (Å²) >= 11 is 0. The first-order chi connectivity index (χ1) is 14.9. The van der Waals surface area contributed by atoms with Crippen molar-refractivity contribution in [2.24, 2.45) is 11.8 Å². The second kappa shape index (κ2) is 8.05. The molecule has 5 rings (SSSR count). The van der Waals surface area contributed by atoms with Crippen LogP contribution in [0.15, 0.2) is 29.1 Å². The van der Waals surface area contributed by atoms with Crippen LogP contribution in [-0.2, 0) is 0 Å². The second-order valence-electron chi connectivity index (χ2n) is 10.2. The standard InChI is InChI=1S/C25H33N3O3/c1-15-10-19(11-16(2)27(15)20-13-17-6-5-7-18(12-17)14-20)28-22-9-4-3-8-21(22)26-23(24(28)29)25(30)31/h3-4,8-9,15-20H,5-7,10-14H2,1-2H3,(H,30,31)/t15-,16+,17?,18?,19?,20?. The number of piperidine rings is 1. The maximum Gasteiger partial charge on any atom is 0.360 e. The van der Waals surface area contributed by atoms with Gasteiger partial charge in [0, 0.05) is 24.2 Å². The minimum Gasteiger partial charge on any atom is -0.476 e. The van der Waals surface area contributed by atoms with Gasteiger partial charge in [0.15, 0.2) is 0 Å². The average molecular weight is 424 g/mol. The van der Waals surface area contributed by atoms with Crippen molar-refractivity contribution in [2.45, 2.75) is 89.4 Å². The quantitative estimate of drug-likeness (QED) is 0.788. The first-order valence-corrected chi connectivity index (χ1v) is 11.9. The lowest BCUT2D eigenvalue weighted by atomic mass is 9.69. The van der Waals surface area contributed by atoms with Gasteiger partial charge in [0.2, 0.25) is 5.69 Å². The third kappa shape index (κ3) is 3.69. The number of para-hydroxylation sites is 2. The number of fused-ring (bicyclic) bond motifs is 3. The highest BCUT2D eigenvalue weighted by Crippen LogP contribution is 2.44. The van der Waals surface area contributed by atoms with Crippen LogP contribution in [0.5, 0.6) is 0 Å². The smallest absolute Gasteiger partial charge is 0.360 e. The van der Waals surface area contributed by atoms with Gasteiger partial charge in [0.05, 0.1) is 11.0 Å². The first-order valence-electron chi connectivity index (χ1n) is 11.9. The molecular formula is C25H33N3O3. The predicted octanol–water partition coefficient (Wildman–Crippen LogP) is 4.48. The Morgan fingerprint density at radius 2 is 1.61 bits per heavy atom. The molecule has 0 radical (unpaired) electrons. The van der Waals surface area contributed by atoms with Crippen molar-refractivity contribution in [2.75, 3.05) is 0 Å². The molecule has 1 aromatic carbocycles. The fourth-order valence-corrected chi connectivity index (χ4v) is 7.09. The first kappa shape index (κ1) is 20.7. The lowest BCUT2D eigenvalue weighted by Crippen LogP contribution is -2.55. The van der Waals surface area contributed by atoms with E-state index in [1.807, 2.05) is 18.2 Å². The number of hydrogen-bond donors (Lipinski definition) is 1. The molecule has 6 nitrogen and oxygen atoms in total. The van der Waals surface area contributed by atoms with E-state index >= 15 is 0 Å². The van der Waals surface area contributed by atoms with Gasteiger partial charge in [-0.1, -0.05) is 31.4 Å². The summed E-state index contributed by atoms with van der Waals surface area (Å²) < 4.78 is 1.73. The number of nitrogens with zero attached hydrogens (tertiary/aromatic N) is 3. The van der Waals surface area contributed by atoms with Gasteiger partial charge in [0.25, 0.3) is 5.56 Å². The Morgan fingerprint density at radius 3 is 2.26 bits per heavy atom. The zero-order valence-electron chi connectivity index (χ0n) is 18.5. The summed E-state index contributed by atoms with van der Waals surface area (Å²) in [6, 6.07) is 8.78. The maximum atomic E-state index is 13.2. The van der Waals surface area contributed by atoms with Gasteiger partial charge in [0.1, 0.15) is 0 Å². The highest BCUT2D eigenvalue weighted by Gasteiger charge is 2.41. The molecule has 0 spiro atoms. The van der Waals surface area contributed by atoms with Crippen LogP contribution in [0.1, 0.15) is 81.7 Å². The number of carbonyl (C=O) groups is 1. The van der Waals surface area contributed by atoms with Crippen LogP contribution in [0.25, 0.3) is 11.0 Å². The van der Waals surface area contributed by atoms with Gasteiger partial charge in [-0.25, -0.2) is 9.78 Å². The number of benzene rings is 1. The number of likely N-dealkylation sites (tertiary alicyclic amines) is 1. The number of aromatic nitrogens is 2. The lowest BCUT2D eigenvalue weighted by Gasteiger charge is -2.51. The Labute approximate surface area is 183 Å². The number of hydrogen-bond acceptors (Lipinski definition) is 4. The summed E-state index contributed by atoms with van der Waals surface area (Å²) in [5.74, 6) is 0.524. The molecule has 31 heavy (non-hydrogen) atoms. The van der Waals surface area contributed by atoms with Crippen molar-refractivity contribution in [1.82, 2.24) is 14.5 Å². The molecule has 6 heteroatoms. The van der Waals surface area contributed by atoms with Crippen LogP contribution in [0.2, 0.25) is 0 Å². The average Bonchev–Trinajstić information content (AvgIpc) is 2.72. The molecular weight excluding hydrogens is 390 g/mol. The van der Waals surface area contributed by atoms with E-state index in [0.29, 0.717) is 23.6 Å². The summed E-state index contributed by atoms with van der Waals surface area (Å²) in [5.41, 5.74) is 0.461. The summed E-state index contributed by atoms with van der Waals surface area (Å²) in [5, 5.41) is 9.56. The molecule has 1 aromatic heterocycles. The minimum atomic E-state index is -1.25. The molecule has 2 aromatic rings. The Hall–Kier alpha value is -2.21. The Bertz CT molecular complexity index is 1020. The molecule has 1 saturated heterocycles. The topological polar surface area (TPSA) is 75.4 Å². The Balaban J connectivity index is 1.46. The van der Waals surface area contributed by atoms with Crippen LogP contribution in [0.4, 0.5) is 0 Å². The fourth-order valence-electron chi connectivity index (χ4n) is 7.09. The number of aromatic carboxylic acids is 1. The van der Waals surface area contributed by atoms with E-state index < -0.39 is 11.5 Å². The van der Waals surface area contributed by atoms with Crippen molar-refractivity contribution < 1.29 is 9.90 Å². The predicted molar refractivity (Wildman–Crippen MR) is 120 cm³/mol. The highest BCUT2D eigenvalue weighted by atomic mass is 16.4. The zero-order valence-corrected chi connectivity index (χ0v) is 18.5. The number of carboxylic acid groups (broad SMARTS) is 1. The van der Waals surface area contributed by atoms with Crippen molar-refractivity contribution >= 4 is 17.0 Å². The van der Waals surface area contributed by atoms with Gasteiger partial charge in [-0.15, -0.1) is 0 Å². The largest absolute Gasteiger partial charge is 0.476 e. The molecule has 1 N–H and O–H groups in total. The molecule has 2 aliphatic carbocycles. The monoisotopic (exact) mass is 423 g/mol. The molecule has 1 aliphatic heterocycles. The molecule has 2 heterocycles. The SMILES string of the molecule is C[C@@H]1CC(n2c(=O)c(C(=O)O)nc3ccccc32)C[C@H](C)N1C1CC2CCCC(C2)C1. The fraction of sp³-hybridized carbons (Fsp3) is 0.640. The van der Waals surface area contributed by atoms with Crippen molar-refractivity contribution in [1.29, 1.82) is 0 Å². The lowest BCUT2D eigenvalue weighted by molar-refractivity contribution is -0.0124. The van der Waals surface area contributed by atoms with Crippen LogP contribution in [0.3, 0.4) is 0 Å². The van der Waals surface area contributed by atoms with E-state index in [2.05, 4.69) is 23.7 Å². The normalized spacial score (nSPS) is 34.0. The van der Waals surface area contributed by atoms with Crippen LogP contribution in [-0.4, -0.2) is 43.7 Å². The molecule has 0 amide bonds. The third-order valence-electron chi connectivity index (χ3n) is 8.13. The summed E-state index contributed by atoms with van der Waals surface area (Å²) in [6.45, 7) is 4.58. The van der Waals surface area contributed by atoms with Crippen LogP contribution >= 0.6 is 0 Å². The van der Waals surface area contributed by atoms with Gasteiger partial charge < -0.3 is 9.67 Å². The van der Waals surface area contributed by atoms with Gasteiger partial charge in [-0.3, -0.25) is 9.69 Å². The Kier molecular flexibility index (Phi) is 5.37. The minimum absolute atomic E-state index is 0.0113. The molecule has 3 unspecified atom stereocenters.